The zero-order valence-electron chi connectivity index (χ0n) is 18.7. The van der Waals surface area contributed by atoms with Crippen molar-refractivity contribution in [2.45, 2.75) is 29.2 Å². The number of para-hydroxylation sites is 1. The maximum absolute atomic E-state index is 13.5. The molecule has 2 heterocycles. The monoisotopic (exact) mass is 496 g/mol. The maximum atomic E-state index is 13.5. The predicted octanol–water partition coefficient (Wildman–Crippen LogP) is 6.11. The Morgan fingerprint density at radius 3 is 2.23 bits per heavy atom. The average molecular weight is 497 g/mol. The molecule has 1 aromatic heterocycles. The van der Waals surface area contributed by atoms with Crippen LogP contribution in [0, 0.1) is 0 Å². The average Bonchev–Trinajstić information content (AvgIpc) is 2.88. The number of benzene rings is 3. The van der Waals surface area contributed by atoms with Gasteiger partial charge in [-0.3, -0.25) is 4.98 Å². The van der Waals surface area contributed by atoms with Gasteiger partial charge in [-0.05, 0) is 78.5 Å². The second-order valence-corrected chi connectivity index (χ2v) is 10.9. The van der Waals surface area contributed by atoms with E-state index in [4.69, 9.17) is 0 Å². The second kappa shape index (κ2) is 9.09. The molecule has 1 N–H and O–H groups in total. The summed E-state index contributed by atoms with van der Waals surface area (Å²) in [7, 11) is -3.46. The number of hydrogen-bond donors (Lipinski definition) is 1. The van der Waals surface area contributed by atoms with Gasteiger partial charge < -0.3 is 5.32 Å². The Balaban J connectivity index is 1.56. The minimum absolute atomic E-state index is 0.0991. The van der Waals surface area contributed by atoms with E-state index >= 15 is 0 Å². The van der Waals surface area contributed by atoms with Crippen LogP contribution in [0.2, 0.25) is 0 Å². The molecule has 4 aromatic rings. The number of pyridine rings is 1. The number of aromatic nitrogens is 1. The molecule has 1 fully saturated rings. The molecule has 0 radical (unpaired) electrons. The third-order valence-electron chi connectivity index (χ3n) is 6.47. The Labute approximate surface area is 201 Å². The predicted molar refractivity (Wildman–Crippen MR) is 131 cm³/mol. The minimum Gasteiger partial charge on any atom is -0.317 e. The first kappa shape index (κ1) is 23.5. The molecule has 3 aromatic carbocycles. The number of alkyl halides is 3. The van der Waals surface area contributed by atoms with Crippen molar-refractivity contribution in [2.75, 3.05) is 13.1 Å². The highest BCUT2D eigenvalue weighted by molar-refractivity contribution is 7.92. The molecule has 35 heavy (non-hydrogen) atoms. The quantitative estimate of drug-likeness (QED) is 0.370. The summed E-state index contributed by atoms with van der Waals surface area (Å²) in [4.78, 5) is 4.29. The van der Waals surface area contributed by atoms with E-state index in [9.17, 15) is 21.6 Å². The van der Waals surface area contributed by atoms with Gasteiger partial charge in [0.05, 0.1) is 21.2 Å². The first-order valence-electron chi connectivity index (χ1n) is 11.4. The molecular formula is C27H23F3N2O2S. The Kier molecular flexibility index (Phi) is 6.11. The van der Waals surface area contributed by atoms with E-state index in [1.54, 1.807) is 30.3 Å². The van der Waals surface area contributed by atoms with Crippen LogP contribution in [-0.4, -0.2) is 31.7 Å². The highest BCUT2D eigenvalue weighted by Crippen LogP contribution is 2.38. The fourth-order valence-electron chi connectivity index (χ4n) is 4.67. The van der Waals surface area contributed by atoms with Gasteiger partial charge in [-0.1, -0.05) is 42.5 Å². The highest BCUT2D eigenvalue weighted by Gasteiger charge is 2.33. The van der Waals surface area contributed by atoms with Gasteiger partial charge in [0.1, 0.15) is 0 Å². The van der Waals surface area contributed by atoms with Gasteiger partial charge in [-0.25, -0.2) is 8.42 Å². The van der Waals surface area contributed by atoms with Crippen molar-refractivity contribution in [3.63, 3.8) is 0 Å². The summed E-state index contributed by atoms with van der Waals surface area (Å²) >= 11 is 0. The number of piperidine rings is 1. The summed E-state index contributed by atoms with van der Waals surface area (Å²) in [6.07, 6.45) is -1.97. The van der Waals surface area contributed by atoms with Crippen LogP contribution in [0.15, 0.2) is 83.9 Å². The van der Waals surface area contributed by atoms with Gasteiger partial charge in [0.15, 0.2) is 9.84 Å². The minimum atomic E-state index is -4.51. The molecule has 1 saturated heterocycles. The number of sulfone groups is 1. The van der Waals surface area contributed by atoms with E-state index in [1.165, 1.54) is 12.3 Å². The first-order valence-corrected chi connectivity index (χ1v) is 12.9. The molecule has 4 nitrogen and oxygen atoms in total. The number of hydrogen-bond acceptors (Lipinski definition) is 4. The third kappa shape index (κ3) is 4.56. The molecule has 8 heteroatoms. The zero-order valence-corrected chi connectivity index (χ0v) is 19.5. The Bertz CT molecular complexity index is 1490. The molecule has 0 aliphatic carbocycles. The molecule has 1 aliphatic rings. The largest absolute Gasteiger partial charge is 0.418 e. The van der Waals surface area contributed by atoms with Crippen molar-refractivity contribution in [3.8, 4) is 22.3 Å². The second-order valence-electron chi connectivity index (χ2n) is 8.66. The van der Waals surface area contributed by atoms with Crippen LogP contribution in [0.4, 0.5) is 13.2 Å². The van der Waals surface area contributed by atoms with Gasteiger partial charge >= 0.3 is 6.18 Å². The zero-order chi connectivity index (χ0) is 24.6. The number of rotatable bonds is 4. The van der Waals surface area contributed by atoms with Crippen LogP contribution in [0.1, 0.15) is 18.4 Å². The van der Waals surface area contributed by atoms with Gasteiger partial charge in [0, 0.05) is 11.6 Å². The normalized spacial score (nSPS) is 15.4. The van der Waals surface area contributed by atoms with E-state index in [-0.39, 0.29) is 10.4 Å². The maximum Gasteiger partial charge on any atom is 0.418 e. The standard InChI is InChI=1S/C27H23F3N2O2S/c28-27(29,30)25-9-3-8-24-23(12-15-32-26(24)25)20-6-1-4-18(16-20)19-5-2-7-22(17-19)35(33,34)21-10-13-31-14-11-21/h1-9,12,15-17,21,31H,10-11,13-14H2. The van der Waals surface area contributed by atoms with E-state index in [1.807, 2.05) is 30.3 Å². The van der Waals surface area contributed by atoms with E-state index in [0.29, 0.717) is 36.9 Å². The molecule has 0 unspecified atom stereocenters. The fraction of sp³-hybridized carbons (Fsp3) is 0.222. The molecule has 0 bridgehead atoms. The number of halogens is 3. The van der Waals surface area contributed by atoms with Crippen molar-refractivity contribution in [1.29, 1.82) is 0 Å². The third-order valence-corrected chi connectivity index (χ3v) is 8.73. The Morgan fingerprint density at radius 1 is 0.829 bits per heavy atom. The van der Waals surface area contributed by atoms with Crippen molar-refractivity contribution in [3.05, 3.63) is 84.6 Å². The van der Waals surface area contributed by atoms with Crippen molar-refractivity contribution < 1.29 is 21.6 Å². The molecule has 0 atom stereocenters. The van der Waals surface area contributed by atoms with Gasteiger partial charge in [-0.15, -0.1) is 0 Å². The summed E-state index contributed by atoms with van der Waals surface area (Å²) < 4.78 is 66.9. The highest BCUT2D eigenvalue weighted by atomic mass is 32.2. The summed E-state index contributed by atoms with van der Waals surface area (Å²) in [5.74, 6) is 0. The molecule has 1 aliphatic heterocycles. The van der Waals surface area contributed by atoms with Crippen LogP contribution in [0.5, 0.6) is 0 Å². The lowest BCUT2D eigenvalue weighted by atomic mass is 9.96. The van der Waals surface area contributed by atoms with Crippen LogP contribution >= 0.6 is 0 Å². The summed E-state index contributed by atoms with van der Waals surface area (Å²) in [5.41, 5.74) is 1.99. The Hall–Kier alpha value is -3.23. The van der Waals surface area contributed by atoms with E-state index in [2.05, 4.69) is 10.3 Å². The van der Waals surface area contributed by atoms with Gasteiger partial charge in [0.2, 0.25) is 0 Å². The number of nitrogens with one attached hydrogen (secondary N) is 1. The lowest BCUT2D eigenvalue weighted by molar-refractivity contribution is -0.136. The number of fused-ring (bicyclic) bond motifs is 1. The Morgan fingerprint density at radius 2 is 1.49 bits per heavy atom. The fourth-order valence-corrected chi connectivity index (χ4v) is 6.47. The molecule has 0 amide bonds. The number of nitrogens with zero attached hydrogens (tertiary/aromatic N) is 1. The summed E-state index contributed by atoms with van der Waals surface area (Å²) in [5, 5.41) is 3.19. The van der Waals surface area contributed by atoms with E-state index < -0.39 is 26.8 Å². The van der Waals surface area contributed by atoms with E-state index in [0.717, 1.165) is 22.8 Å². The van der Waals surface area contributed by atoms with Crippen LogP contribution in [-0.2, 0) is 16.0 Å². The first-order chi connectivity index (χ1) is 16.7. The molecule has 5 rings (SSSR count). The van der Waals surface area contributed by atoms with Crippen molar-refractivity contribution >= 4 is 20.7 Å². The molecular weight excluding hydrogens is 473 g/mol. The van der Waals surface area contributed by atoms with Crippen LogP contribution in [0.25, 0.3) is 33.2 Å². The lowest BCUT2D eigenvalue weighted by Crippen LogP contribution is -2.35. The smallest absolute Gasteiger partial charge is 0.317 e. The summed E-state index contributed by atoms with van der Waals surface area (Å²) in [6.45, 7) is 1.36. The SMILES string of the molecule is O=S(=O)(c1cccc(-c2cccc(-c3ccnc4c(C(F)(F)F)cccc34)c2)c1)C1CCNCC1. The van der Waals surface area contributed by atoms with Crippen molar-refractivity contribution in [2.24, 2.45) is 0 Å². The summed E-state index contributed by atoms with van der Waals surface area (Å²) in [6, 6.07) is 20.0. The molecule has 0 spiro atoms. The van der Waals surface area contributed by atoms with Gasteiger partial charge in [0.25, 0.3) is 0 Å². The topological polar surface area (TPSA) is 59.1 Å². The molecule has 0 saturated carbocycles. The lowest BCUT2D eigenvalue weighted by Gasteiger charge is -2.23. The van der Waals surface area contributed by atoms with Crippen LogP contribution < -0.4 is 5.32 Å². The van der Waals surface area contributed by atoms with Crippen LogP contribution in [0.3, 0.4) is 0 Å². The van der Waals surface area contributed by atoms with Gasteiger partial charge in [-0.2, -0.15) is 13.2 Å². The van der Waals surface area contributed by atoms with Crippen molar-refractivity contribution in [1.82, 2.24) is 10.3 Å². The molecule has 180 valence electrons.